The Bertz CT molecular complexity index is 548. The summed E-state index contributed by atoms with van der Waals surface area (Å²) in [5.74, 6) is 0.853. The molecule has 26 heavy (non-hydrogen) atoms. The summed E-state index contributed by atoms with van der Waals surface area (Å²) >= 11 is 6.01. The fraction of sp³-hybridized carbons (Fsp3) is 0.632. The van der Waals surface area contributed by atoms with Gasteiger partial charge in [0, 0.05) is 44.8 Å². The molecule has 0 aliphatic carbocycles. The Labute approximate surface area is 179 Å². The quantitative estimate of drug-likeness (QED) is 0.265. The molecule has 1 heterocycles. The first kappa shape index (κ1) is 23.5. The number of benzene rings is 1. The largest absolute Gasteiger partial charge is 0.373 e. The van der Waals surface area contributed by atoms with Crippen molar-refractivity contribution in [2.45, 2.75) is 38.9 Å². The summed E-state index contributed by atoms with van der Waals surface area (Å²) in [7, 11) is 1.81. The molecule has 1 aromatic rings. The molecule has 0 bridgehead atoms. The Balaban J connectivity index is 0.00000338. The average Bonchev–Trinajstić information content (AvgIpc) is 2.56. The van der Waals surface area contributed by atoms with E-state index >= 15 is 0 Å². The minimum Gasteiger partial charge on any atom is -0.373 e. The van der Waals surface area contributed by atoms with E-state index in [2.05, 4.69) is 40.4 Å². The predicted octanol–water partition coefficient (Wildman–Crippen LogP) is 3.16. The minimum absolute atomic E-state index is 0. The molecule has 0 spiro atoms. The zero-order valence-electron chi connectivity index (χ0n) is 16.0. The van der Waals surface area contributed by atoms with Crippen LogP contribution in [-0.2, 0) is 11.2 Å². The number of aliphatic imine (C=N–C) groups is 1. The molecule has 1 aliphatic heterocycles. The lowest BCUT2D eigenvalue weighted by Gasteiger charge is -2.35. The molecule has 2 atom stereocenters. The molecule has 0 aromatic heterocycles. The third-order valence-corrected chi connectivity index (χ3v) is 4.49. The summed E-state index contributed by atoms with van der Waals surface area (Å²) in [5, 5.41) is 7.52. The number of halogens is 2. The number of morpholine rings is 1. The van der Waals surface area contributed by atoms with Crippen molar-refractivity contribution in [3.8, 4) is 0 Å². The second kappa shape index (κ2) is 12.8. The highest BCUT2D eigenvalue weighted by atomic mass is 127. The van der Waals surface area contributed by atoms with Crippen LogP contribution in [0.1, 0.15) is 25.8 Å². The summed E-state index contributed by atoms with van der Waals surface area (Å²) in [4.78, 5) is 6.76. The third-order valence-electron chi connectivity index (χ3n) is 4.26. The first-order valence-corrected chi connectivity index (χ1v) is 9.51. The summed E-state index contributed by atoms with van der Waals surface area (Å²) in [5.41, 5.74) is 1.23. The molecule has 2 N–H and O–H groups in total. The van der Waals surface area contributed by atoms with Crippen LogP contribution in [0.25, 0.3) is 0 Å². The van der Waals surface area contributed by atoms with Gasteiger partial charge in [-0.15, -0.1) is 24.0 Å². The second-order valence-corrected chi connectivity index (χ2v) is 7.11. The van der Waals surface area contributed by atoms with Crippen molar-refractivity contribution in [2.24, 2.45) is 4.99 Å². The van der Waals surface area contributed by atoms with Crippen LogP contribution >= 0.6 is 35.6 Å². The Kier molecular flexibility index (Phi) is 11.5. The maximum Gasteiger partial charge on any atom is 0.190 e. The van der Waals surface area contributed by atoms with Gasteiger partial charge in [0.2, 0.25) is 0 Å². The van der Waals surface area contributed by atoms with E-state index in [1.165, 1.54) is 5.56 Å². The maximum absolute atomic E-state index is 6.01. The molecular formula is C19H32ClIN4O. The summed E-state index contributed by atoms with van der Waals surface area (Å²) in [6.45, 7) is 9.17. The Hall–Kier alpha value is -0.570. The van der Waals surface area contributed by atoms with E-state index in [0.717, 1.165) is 56.5 Å². The van der Waals surface area contributed by atoms with E-state index in [9.17, 15) is 0 Å². The fourth-order valence-electron chi connectivity index (χ4n) is 3.21. The van der Waals surface area contributed by atoms with Crippen molar-refractivity contribution in [1.82, 2.24) is 15.5 Å². The molecule has 1 aromatic carbocycles. The summed E-state index contributed by atoms with van der Waals surface area (Å²) in [6, 6.07) is 7.98. The predicted molar refractivity (Wildman–Crippen MR) is 121 cm³/mol. The van der Waals surface area contributed by atoms with Gasteiger partial charge in [0.15, 0.2) is 5.96 Å². The van der Waals surface area contributed by atoms with Crippen molar-refractivity contribution < 1.29 is 4.74 Å². The van der Waals surface area contributed by atoms with Crippen LogP contribution in [0.2, 0.25) is 5.02 Å². The third kappa shape index (κ3) is 8.88. The first-order chi connectivity index (χ1) is 12.1. The molecule has 0 amide bonds. The summed E-state index contributed by atoms with van der Waals surface area (Å²) in [6.07, 6.45) is 2.68. The minimum atomic E-state index is 0. The number of ether oxygens (including phenoxy) is 1. The number of hydrogen-bond acceptors (Lipinski definition) is 3. The van der Waals surface area contributed by atoms with E-state index in [-0.39, 0.29) is 24.0 Å². The molecule has 7 heteroatoms. The number of hydrogen-bond donors (Lipinski definition) is 2. The van der Waals surface area contributed by atoms with E-state index in [1.807, 2.05) is 18.2 Å². The molecular weight excluding hydrogens is 463 g/mol. The van der Waals surface area contributed by atoms with Crippen molar-refractivity contribution >= 4 is 41.5 Å². The van der Waals surface area contributed by atoms with Crippen molar-refractivity contribution in [1.29, 1.82) is 0 Å². The Morgan fingerprint density at radius 3 is 2.58 bits per heavy atom. The Morgan fingerprint density at radius 1 is 1.23 bits per heavy atom. The van der Waals surface area contributed by atoms with Crippen LogP contribution in [0.5, 0.6) is 0 Å². The van der Waals surface area contributed by atoms with Gasteiger partial charge in [-0.05, 0) is 44.4 Å². The van der Waals surface area contributed by atoms with E-state index in [0.29, 0.717) is 12.2 Å². The molecule has 1 aliphatic rings. The molecule has 1 fully saturated rings. The lowest BCUT2D eigenvalue weighted by Crippen LogP contribution is -2.46. The molecule has 0 saturated carbocycles. The SMILES string of the molecule is CN=C(NCCCN1CC(C)OC(C)C1)NCCc1cccc(Cl)c1.I. The van der Waals surface area contributed by atoms with Crippen LogP contribution < -0.4 is 10.6 Å². The zero-order valence-corrected chi connectivity index (χ0v) is 19.1. The van der Waals surface area contributed by atoms with Crippen LogP contribution in [0, 0.1) is 0 Å². The van der Waals surface area contributed by atoms with Gasteiger partial charge >= 0.3 is 0 Å². The molecule has 2 rings (SSSR count). The standard InChI is InChI=1S/C19H31ClN4O.HI/c1-15-13-24(14-16(2)25-15)11-5-9-22-19(21-3)23-10-8-17-6-4-7-18(20)12-17;/h4,6-7,12,15-16H,5,8-11,13-14H2,1-3H3,(H2,21,22,23);1H. The highest BCUT2D eigenvalue weighted by Crippen LogP contribution is 2.11. The first-order valence-electron chi connectivity index (χ1n) is 9.13. The molecule has 148 valence electrons. The van der Waals surface area contributed by atoms with Gasteiger partial charge < -0.3 is 15.4 Å². The smallest absolute Gasteiger partial charge is 0.190 e. The van der Waals surface area contributed by atoms with Crippen LogP contribution in [0.4, 0.5) is 0 Å². The summed E-state index contributed by atoms with van der Waals surface area (Å²) < 4.78 is 5.77. The van der Waals surface area contributed by atoms with Crippen molar-refractivity contribution in [3.63, 3.8) is 0 Å². The number of guanidine groups is 1. The van der Waals surface area contributed by atoms with Gasteiger partial charge in [-0.25, -0.2) is 0 Å². The van der Waals surface area contributed by atoms with E-state index < -0.39 is 0 Å². The van der Waals surface area contributed by atoms with Crippen LogP contribution in [-0.4, -0.2) is 62.8 Å². The number of nitrogens with one attached hydrogen (secondary N) is 2. The zero-order chi connectivity index (χ0) is 18.1. The van der Waals surface area contributed by atoms with Gasteiger partial charge in [0.25, 0.3) is 0 Å². The van der Waals surface area contributed by atoms with Crippen molar-refractivity contribution in [2.75, 3.05) is 39.8 Å². The lowest BCUT2D eigenvalue weighted by atomic mass is 10.1. The molecule has 2 unspecified atom stereocenters. The van der Waals surface area contributed by atoms with Crippen LogP contribution in [0.3, 0.4) is 0 Å². The van der Waals surface area contributed by atoms with Gasteiger partial charge in [-0.3, -0.25) is 9.89 Å². The highest BCUT2D eigenvalue weighted by Gasteiger charge is 2.21. The molecule has 1 saturated heterocycles. The van der Waals surface area contributed by atoms with Crippen LogP contribution in [0.15, 0.2) is 29.3 Å². The normalized spacial score (nSPS) is 21.2. The molecule has 5 nitrogen and oxygen atoms in total. The topological polar surface area (TPSA) is 48.9 Å². The number of nitrogens with zero attached hydrogens (tertiary/aromatic N) is 2. The highest BCUT2D eigenvalue weighted by molar-refractivity contribution is 14.0. The maximum atomic E-state index is 6.01. The van der Waals surface area contributed by atoms with Gasteiger partial charge in [-0.1, -0.05) is 23.7 Å². The van der Waals surface area contributed by atoms with Gasteiger partial charge in [0.1, 0.15) is 0 Å². The average molecular weight is 495 g/mol. The van der Waals surface area contributed by atoms with Crippen molar-refractivity contribution in [3.05, 3.63) is 34.9 Å². The van der Waals surface area contributed by atoms with E-state index in [4.69, 9.17) is 16.3 Å². The number of rotatable bonds is 7. The Morgan fingerprint density at radius 2 is 1.92 bits per heavy atom. The fourth-order valence-corrected chi connectivity index (χ4v) is 3.43. The lowest BCUT2D eigenvalue weighted by molar-refractivity contribution is -0.0679. The second-order valence-electron chi connectivity index (χ2n) is 6.68. The monoisotopic (exact) mass is 494 g/mol. The van der Waals surface area contributed by atoms with E-state index in [1.54, 1.807) is 7.05 Å². The van der Waals surface area contributed by atoms with Gasteiger partial charge in [-0.2, -0.15) is 0 Å². The molecule has 0 radical (unpaired) electrons. The van der Waals surface area contributed by atoms with Gasteiger partial charge in [0.05, 0.1) is 12.2 Å².